The molecule has 5 rings (SSSR count). The largest absolute Gasteiger partial charge is 0.441 e. The number of carbonyl (C=O) groups is 1. The van der Waals surface area contributed by atoms with Gasteiger partial charge in [0.1, 0.15) is 5.52 Å². The normalized spacial score (nSPS) is 16.1. The molecule has 170 valence electrons. The van der Waals surface area contributed by atoms with Gasteiger partial charge < -0.3 is 9.73 Å². The van der Waals surface area contributed by atoms with Crippen LogP contribution in [0.1, 0.15) is 58.9 Å². The Hall–Kier alpha value is -3.62. The SMILES string of the molecule is Cc1nc2ccc(NC(=O)c3cccc(-n4nc(C(F)(F)F)c5c4C(C)CCC5)c3)cc2o1. The summed E-state index contributed by atoms with van der Waals surface area (Å²) in [6.07, 6.45) is -2.70. The summed E-state index contributed by atoms with van der Waals surface area (Å²) in [6, 6.07) is 11.6. The molecule has 1 aliphatic rings. The Morgan fingerprint density at radius 3 is 2.82 bits per heavy atom. The second-order valence-electron chi connectivity index (χ2n) is 8.34. The quantitative estimate of drug-likeness (QED) is 0.410. The minimum absolute atomic E-state index is 0.0630. The smallest absolute Gasteiger partial charge is 0.435 e. The van der Waals surface area contributed by atoms with E-state index in [-0.39, 0.29) is 11.5 Å². The van der Waals surface area contributed by atoms with Gasteiger partial charge in [-0.15, -0.1) is 0 Å². The Bertz CT molecular complexity index is 1370. The van der Waals surface area contributed by atoms with Crippen molar-refractivity contribution in [2.75, 3.05) is 5.32 Å². The fourth-order valence-corrected chi connectivity index (χ4v) is 4.46. The Labute approximate surface area is 187 Å². The minimum Gasteiger partial charge on any atom is -0.441 e. The summed E-state index contributed by atoms with van der Waals surface area (Å²) in [5, 5.41) is 6.75. The van der Waals surface area contributed by atoms with Crippen molar-refractivity contribution in [3.8, 4) is 5.69 Å². The molecule has 0 spiro atoms. The van der Waals surface area contributed by atoms with E-state index in [0.29, 0.717) is 52.5 Å². The number of hydrogen-bond acceptors (Lipinski definition) is 4. The Morgan fingerprint density at radius 1 is 1.21 bits per heavy atom. The van der Waals surface area contributed by atoms with Gasteiger partial charge in [-0.1, -0.05) is 13.0 Å². The summed E-state index contributed by atoms with van der Waals surface area (Å²) >= 11 is 0. The van der Waals surface area contributed by atoms with E-state index in [0.717, 1.165) is 6.42 Å². The Balaban J connectivity index is 1.49. The summed E-state index contributed by atoms with van der Waals surface area (Å²) in [6.45, 7) is 3.65. The molecule has 0 saturated heterocycles. The lowest BCUT2D eigenvalue weighted by Crippen LogP contribution is -2.14. The van der Waals surface area contributed by atoms with E-state index in [1.54, 1.807) is 49.4 Å². The van der Waals surface area contributed by atoms with Gasteiger partial charge in [-0.2, -0.15) is 18.3 Å². The average Bonchev–Trinajstić information content (AvgIpc) is 3.34. The standard InChI is InChI=1S/C24H21F3N4O2/c1-13-5-3-8-18-21(13)31(30-22(18)24(25,26)27)17-7-4-6-15(11-17)23(32)29-16-9-10-19-20(12-16)33-14(2)28-19/h4,6-7,9-13H,3,5,8H2,1-2H3,(H,29,32). The third-order valence-corrected chi connectivity index (χ3v) is 5.93. The van der Waals surface area contributed by atoms with Crippen LogP contribution in [-0.4, -0.2) is 20.7 Å². The van der Waals surface area contributed by atoms with Crippen LogP contribution in [0.15, 0.2) is 46.9 Å². The highest BCUT2D eigenvalue weighted by molar-refractivity contribution is 6.05. The lowest BCUT2D eigenvalue weighted by Gasteiger charge is -2.21. The molecule has 33 heavy (non-hydrogen) atoms. The van der Waals surface area contributed by atoms with Crippen LogP contribution in [0.5, 0.6) is 0 Å². The van der Waals surface area contributed by atoms with E-state index in [1.165, 1.54) is 4.68 Å². The number of nitrogens with one attached hydrogen (secondary N) is 1. The summed E-state index contributed by atoms with van der Waals surface area (Å²) in [5.41, 5.74) is 2.48. The Morgan fingerprint density at radius 2 is 2.03 bits per heavy atom. The zero-order chi connectivity index (χ0) is 23.3. The third kappa shape index (κ3) is 3.88. The number of amides is 1. The molecule has 0 aliphatic heterocycles. The molecule has 0 fully saturated rings. The van der Waals surface area contributed by atoms with E-state index in [1.807, 2.05) is 6.92 Å². The minimum atomic E-state index is -4.53. The zero-order valence-electron chi connectivity index (χ0n) is 18.0. The van der Waals surface area contributed by atoms with Gasteiger partial charge in [0.15, 0.2) is 17.2 Å². The fourth-order valence-electron chi connectivity index (χ4n) is 4.46. The lowest BCUT2D eigenvalue weighted by atomic mass is 9.87. The molecule has 1 atom stereocenters. The van der Waals surface area contributed by atoms with Crippen LogP contribution >= 0.6 is 0 Å². The number of anilines is 1. The first-order valence-corrected chi connectivity index (χ1v) is 10.7. The summed E-state index contributed by atoms with van der Waals surface area (Å²) in [4.78, 5) is 17.1. The van der Waals surface area contributed by atoms with Crippen LogP contribution in [0.3, 0.4) is 0 Å². The van der Waals surface area contributed by atoms with Crippen molar-refractivity contribution < 1.29 is 22.4 Å². The first-order valence-electron chi connectivity index (χ1n) is 10.7. The van der Waals surface area contributed by atoms with Crippen LogP contribution in [0.4, 0.5) is 18.9 Å². The fraction of sp³-hybridized carbons (Fsp3) is 0.292. The van der Waals surface area contributed by atoms with Gasteiger partial charge in [0.05, 0.1) is 11.4 Å². The highest BCUT2D eigenvalue weighted by atomic mass is 19.4. The number of carbonyl (C=O) groups excluding carboxylic acids is 1. The molecule has 0 saturated carbocycles. The molecule has 0 bridgehead atoms. The van der Waals surface area contributed by atoms with Crippen molar-refractivity contribution in [1.82, 2.24) is 14.8 Å². The molecule has 2 aromatic heterocycles. The predicted octanol–water partition coefficient (Wildman–Crippen LogP) is 6.03. The van der Waals surface area contributed by atoms with Gasteiger partial charge in [0.2, 0.25) is 0 Å². The van der Waals surface area contributed by atoms with Gasteiger partial charge in [-0.05, 0) is 55.5 Å². The van der Waals surface area contributed by atoms with Crippen molar-refractivity contribution in [1.29, 1.82) is 0 Å². The number of aryl methyl sites for hydroxylation is 1. The number of aromatic nitrogens is 3. The third-order valence-electron chi connectivity index (χ3n) is 5.93. The van der Waals surface area contributed by atoms with Crippen LogP contribution < -0.4 is 5.32 Å². The van der Waals surface area contributed by atoms with Gasteiger partial charge in [0.25, 0.3) is 5.91 Å². The molecular weight excluding hydrogens is 433 g/mol. The van der Waals surface area contributed by atoms with Gasteiger partial charge >= 0.3 is 6.18 Å². The number of benzene rings is 2. The van der Waals surface area contributed by atoms with E-state index in [2.05, 4.69) is 15.4 Å². The molecule has 0 radical (unpaired) electrons. The summed E-state index contributed by atoms with van der Waals surface area (Å²) in [7, 11) is 0. The molecule has 1 amide bonds. The van der Waals surface area contributed by atoms with Crippen molar-refractivity contribution in [3.05, 3.63) is 70.9 Å². The number of fused-ring (bicyclic) bond motifs is 2. The highest BCUT2D eigenvalue weighted by Crippen LogP contribution is 2.40. The van der Waals surface area contributed by atoms with E-state index in [4.69, 9.17) is 4.42 Å². The van der Waals surface area contributed by atoms with E-state index in [9.17, 15) is 18.0 Å². The maximum atomic E-state index is 13.6. The molecule has 1 aliphatic carbocycles. The van der Waals surface area contributed by atoms with Crippen LogP contribution in [-0.2, 0) is 12.6 Å². The molecule has 1 N–H and O–H groups in total. The summed E-state index contributed by atoms with van der Waals surface area (Å²) < 4.78 is 47.8. The predicted molar refractivity (Wildman–Crippen MR) is 117 cm³/mol. The van der Waals surface area contributed by atoms with Crippen LogP contribution in [0.25, 0.3) is 16.8 Å². The first-order chi connectivity index (χ1) is 15.7. The van der Waals surface area contributed by atoms with Crippen molar-refractivity contribution >= 4 is 22.7 Å². The average molecular weight is 454 g/mol. The molecular formula is C24H21F3N4O2. The first kappa shape index (κ1) is 21.2. The number of oxazole rings is 1. The Kier molecular flexibility index (Phi) is 4.99. The lowest BCUT2D eigenvalue weighted by molar-refractivity contribution is -0.142. The maximum absolute atomic E-state index is 13.6. The monoisotopic (exact) mass is 454 g/mol. The topological polar surface area (TPSA) is 73.0 Å². The number of halogens is 3. The molecule has 1 unspecified atom stereocenters. The zero-order valence-corrected chi connectivity index (χ0v) is 18.0. The molecule has 9 heteroatoms. The number of hydrogen-bond donors (Lipinski definition) is 1. The van der Waals surface area contributed by atoms with Crippen molar-refractivity contribution in [2.24, 2.45) is 0 Å². The van der Waals surface area contributed by atoms with Crippen molar-refractivity contribution in [3.63, 3.8) is 0 Å². The van der Waals surface area contributed by atoms with Crippen LogP contribution in [0, 0.1) is 6.92 Å². The molecule has 2 heterocycles. The maximum Gasteiger partial charge on any atom is 0.435 e. The highest BCUT2D eigenvalue weighted by Gasteiger charge is 2.41. The second kappa shape index (κ2) is 7.75. The molecule has 2 aromatic carbocycles. The number of alkyl halides is 3. The van der Waals surface area contributed by atoms with Gasteiger partial charge in [0, 0.05) is 29.8 Å². The number of nitrogens with zero attached hydrogens (tertiary/aromatic N) is 3. The van der Waals surface area contributed by atoms with Crippen LogP contribution in [0.2, 0.25) is 0 Å². The second-order valence-corrected chi connectivity index (χ2v) is 8.34. The number of rotatable bonds is 3. The molecule has 6 nitrogen and oxygen atoms in total. The molecule has 4 aromatic rings. The van der Waals surface area contributed by atoms with Crippen molar-refractivity contribution in [2.45, 2.75) is 45.2 Å². The van der Waals surface area contributed by atoms with E-state index >= 15 is 0 Å². The van der Waals surface area contributed by atoms with E-state index < -0.39 is 17.8 Å². The summed E-state index contributed by atoms with van der Waals surface area (Å²) in [5.74, 6) is 0.0701. The van der Waals surface area contributed by atoms with Gasteiger partial charge in [-0.3, -0.25) is 4.79 Å². The van der Waals surface area contributed by atoms with Gasteiger partial charge in [-0.25, -0.2) is 9.67 Å².